The largest absolute Gasteiger partial charge is 0.460 e. The van der Waals surface area contributed by atoms with Crippen molar-refractivity contribution in [3.63, 3.8) is 0 Å². The number of thioether (sulfide) groups is 1. The lowest BCUT2D eigenvalue weighted by Gasteiger charge is -2.09. The lowest BCUT2D eigenvalue weighted by molar-refractivity contribution is -0.141. The van der Waals surface area contributed by atoms with Crippen molar-refractivity contribution in [2.45, 2.75) is 12.4 Å². The van der Waals surface area contributed by atoms with Gasteiger partial charge in [-0.05, 0) is 28.3 Å². The van der Waals surface area contributed by atoms with Gasteiger partial charge in [0.05, 0.1) is 5.75 Å². The average Bonchev–Trinajstić information content (AvgIpc) is 3.19. The number of thiophene rings is 1. The van der Waals surface area contributed by atoms with Gasteiger partial charge in [-0.15, -0.1) is 23.1 Å². The van der Waals surface area contributed by atoms with Gasteiger partial charge < -0.3 is 9.15 Å². The van der Waals surface area contributed by atoms with Gasteiger partial charge in [-0.2, -0.15) is 0 Å². The SMILES string of the molecule is O=C(CSCc1cccs1)OCc1cc(=O)oc2ccc3ccccc3c12. The first-order chi connectivity index (χ1) is 13.2. The van der Waals surface area contributed by atoms with Crippen LogP contribution in [-0.4, -0.2) is 11.7 Å². The van der Waals surface area contributed by atoms with Crippen LogP contribution in [0.25, 0.3) is 21.7 Å². The van der Waals surface area contributed by atoms with Gasteiger partial charge in [0.1, 0.15) is 12.2 Å². The van der Waals surface area contributed by atoms with E-state index in [2.05, 4.69) is 0 Å². The minimum atomic E-state index is -0.448. The van der Waals surface area contributed by atoms with E-state index in [1.54, 1.807) is 17.4 Å². The van der Waals surface area contributed by atoms with Gasteiger partial charge in [0, 0.05) is 27.6 Å². The number of benzene rings is 2. The number of hydrogen-bond acceptors (Lipinski definition) is 6. The van der Waals surface area contributed by atoms with Crippen LogP contribution in [0.1, 0.15) is 10.4 Å². The molecule has 0 N–H and O–H groups in total. The van der Waals surface area contributed by atoms with Crippen LogP contribution in [0.5, 0.6) is 0 Å². The smallest absolute Gasteiger partial charge is 0.336 e. The highest BCUT2D eigenvalue weighted by Crippen LogP contribution is 2.28. The van der Waals surface area contributed by atoms with Crippen LogP contribution in [0.3, 0.4) is 0 Å². The van der Waals surface area contributed by atoms with Crippen molar-refractivity contribution in [3.8, 4) is 0 Å². The number of rotatable bonds is 6. The fourth-order valence-electron chi connectivity index (χ4n) is 2.96. The Bertz CT molecular complexity index is 1150. The van der Waals surface area contributed by atoms with Gasteiger partial charge in [0.15, 0.2) is 0 Å². The number of fused-ring (bicyclic) bond motifs is 3. The Labute approximate surface area is 163 Å². The van der Waals surface area contributed by atoms with Gasteiger partial charge in [-0.1, -0.05) is 36.4 Å². The molecule has 2 aromatic heterocycles. The highest BCUT2D eigenvalue weighted by Gasteiger charge is 2.12. The van der Waals surface area contributed by atoms with E-state index in [1.165, 1.54) is 22.7 Å². The van der Waals surface area contributed by atoms with E-state index in [9.17, 15) is 9.59 Å². The molecule has 2 aromatic carbocycles. The fourth-order valence-corrected chi connectivity index (χ4v) is 4.62. The zero-order chi connectivity index (χ0) is 18.6. The normalized spacial score (nSPS) is 11.1. The van der Waals surface area contributed by atoms with Crippen LogP contribution in [0, 0.1) is 0 Å². The molecule has 0 radical (unpaired) electrons. The summed E-state index contributed by atoms with van der Waals surface area (Å²) < 4.78 is 10.7. The van der Waals surface area contributed by atoms with Gasteiger partial charge in [0.2, 0.25) is 0 Å². The Balaban J connectivity index is 1.52. The molecule has 0 saturated carbocycles. The van der Waals surface area contributed by atoms with Crippen molar-refractivity contribution < 1.29 is 13.9 Å². The molecule has 4 rings (SSSR count). The number of esters is 1. The first-order valence-corrected chi connectivity index (χ1v) is 10.4. The summed E-state index contributed by atoms with van der Waals surface area (Å²) in [6, 6.07) is 17.0. The maximum absolute atomic E-state index is 12.1. The standard InChI is InChI=1S/C21H16O4S2/c22-19-10-15(11-24-20(23)13-26-12-16-5-3-9-27-16)21-17-6-2-1-4-14(17)7-8-18(21)25-19/h1-10H,11-13H2. The number of carbonyl (C=O) groups excluding carboxylic acids is 1. The quantitative estimate of drug-likeness (QED) is 0.261. The third kappa shape index (κ3) is 4.07. The predicted molar refractivity (Wildman–Crippen MR) is 110 cm³/mol. The summed E-state index contributed by atoms with van der Waals surface area (Å²) in [4.78, 5) is 25.2. The first-order valence-electron chi connectivity index (χ1n) is 8.41. The summed E-state index contributed by atoms with van der Waals surface area (Å²) in [6.45, 7) is 0.0501. The predicted octanol–water partition coefficient (Wildman–Crippen LogP) is 4.98. The molecule has 0 aliphatic heterocycles. The molecule has 136 valence electrons. The summed E-state index contributed by atoms with van der Waals surface area (Å²) in [7, 11) is 0. The fraction of sp³-hybridized carbons (Fsp3) is 0.143. The van der Waals surface area contributed by atoms with Gasteiger partial charge in [-0.25, -0.2) is 4.79 Å². The van der Waals surface area contributed by atoms with Crippen molar-refractivity contribution in [1.29, 1.82) is 0 Å². The van der Waals surface area contributed by atoms with E-state index < -0.39 is 5.63 Å². The van der Waals surface area contributed by atoms with Crippen molar-refractivity contribution in [2.75, 3.05) is 5.75 Å². The molecule has 4 aromatic rings. The molecule has 0 bridgehead atoms. The topological polar surface area (TPSA) is 56.5 Å². The third-order valence-electron chi connectivity index (χ3n) is 4.15. The lowest BCUT2D eigenvalue weighted by Crippen LogP contribution is -2.09. The Morgan fingerprint density at radius 3 is 2.85 bits per heavy atom. The molecule has 0 fully saturated rings. The molecular formula is C21H16O4S2. The molecule has 6 heteroatoms. The van der Waals surface area contributed by atoms with Gasteiger partial charge in [0.25, 0.3) is 0 Å². The number of hydrogen-bond donors (Lipinski definition) is 0. The van der Waals surface area contributed by atoms with Crippen LogP contribution in [0.2, 0.25) is 0 Å². The van der Waals surface area contributed by atoms with Crippen molar-refractivity contribution in [2.24, 2.45) is 0 Å². The van der Waals surface area contributed by atoms with E-state index in [0.717, 1.165) is 21.9 Å². The second-order valence-corrected chi connectivity index (χ2v) is 8.00. The molecule has 0 saturated heterocycles. The molecule has 0 aliphatic carbocycles. The molecule has 0 unspecified atom stereocenters. The summed E-state index contributed by atoms with van der Waals surface area (Å²) >= 11 is 3.19. The Morgan fingerprint density at radius 2 is 2.00 bits per heavy atom. The Kier molecular flexibility index (Phi) is 5.27. The molecule has 0 amide bonds. The molecule has 0 spiro atoms. The van der Waals surface area contributed by atoms with Crippen LogP contribution >= 0.6 is 23.1 Å². The number of ether oxygens (including phenoxy) is 1. The third-order valence-corrected chi connectivity index (χ3v) is 6.16. The van der Waals surface area contributed by atoms with E-state index >= 15 is 0 Å². The van der Waals surface area contributed by atoms with Gasteiger partial charge in [-0.3, -0.25) is 4.79 Å². The second kappa shape index (κ2) is 7.98. The van der Waals surface area contributed by atoms with Crippen LogP contribution in [-0.2, 0) is 21.9 Å². The summed E-state index contributed by atoms with van der Waals surface area (Å²) in [5.74, 6) is 0.769. The first kappa shape index (κ1) is 17.8. The Morgan fingerprint density at radius 1 is 1.11 bits per heavy atom. The van der Waals surface area contributed by atoms with E-state index in [0.29, 0.717) is 11.1 Å². The van der Waals surface area contributed by atoms with Crippen molar-refractivity contribution >= 4 is 50.8 Å². The highest BCUT2D eigenvalue weighted by molar-refractivity contribution is 7.99. The molecular weight excluding hydrogens is 380 g/mol. The molecule has 2 heterocycles. The van der Waals surface area contributed by atoms with Crippen LogP contribution in [0.15, 0.2) is 69.2 Å². The molecule has 27 heavy (non-hydrogen) atoms. The Hall–Kier alpha value is -2.57. The minimum absolute atomic E-state index is 0.0501. The second-order valence-electron chi connectivity index (χ2n) is 5.98. The molecule has 0 aliphatic rings. The zero-order valence-electron chi connectivity index (χ0n) is 14.3. The maximum atomic E-state index is 12.1. The highest BCUT2D eigenvalue weighted by atomic mass is 32.2. The summed E-state index contributed by atoms with van der Waals surface area (Å²) in [6.07, 6.45) is 0. The van der Waals surface area contributed by atoms with Crippen LogP contribution in [0.4, 0.5) is 0 Å². The molecule has 0 atom stereocenters. The van der Waals surface area contributed by atoms with E-state index in [1.807, 2.05) is 47.8 Å². The lowest BCUT2D eigenvalue weighted by atomic mass is 10.0. The minimum Gasteiger partial charge on any atom is -0.460 e. The monoisotopic (exact) mass is 396 g/mol. The van der Waals surface area contributed by atoms with Gasteiger partial charge >= 0.3 is 11.6 Å². The zero-order valence-corrected chi connectivity index (χ0v) is 16.0. The van der Waals surface area contributed by atoms with Crippen LogP contribution < -0.4 is 5.63 Å². The maximum Gasteiger partial charge on any atom is 0.336 e. The van der Waals surface area contributed by atoms with E-state index in [-0.39, 0.29) is 18.3 Å². The van der Waals surface area contributed by atoms with Crippen molar-refractivity contribution in [3.05, 3.63) is 80.8 Å². The van der Waals surface area contributed by atoms with E-state index in [4.69, 9.17) is 9.15 Å². The van der Waals surface area contributed by atoms with Crippen molar-refractivity contribution in [1.82, 2.24) is 0 Å². The summed E-state index contributed by atoms with van der Waals surface area (Å²) in [5, 5.41) is 4.84. The average molecular weight is 396 g/mol. The summed E-state index contributed by atoms with van der Waals surface area (Å²) in [5.41, 5.74) is 0.713. The molecule has 4 nitrogen and oxygen atoms in total. The number of carbonyl (C=O) groups is 1.